The molecular weight excluding hydrogens is 495 g/mol. The van der Waals surface area contributed by atoms with Gasteiger partial charge in [-0.15, -0.1) is 0 Å². The van der Waals surface area contributed by atoms with Gasteiger partial charge in [0.05, 0.1) is 11.6 Å². The number of benzene rings is 1. The van der Waals surface area contributed by atoms with Crippen LogP contribution in [0.25, 0.3) is 5.95 Å². The van der Waals surface area contributed by atoms with E-state index in [-0.39, 0.29) is 24.2 Å². The highest BCUT2D eigenvalue weighted by atomic mass is 32.2. The number of aromatic nitrogens is 5. The maximum Gasteiger partial charge on any atom is 0.416 e. The molecule has 0 saturated heterocycles. The second-order valence-corrected chi connectivity index (χ2v) is 9.38. The third-order valence-electron chi connectivity index (χ3n) is 5.44. The van der Waals surface area contributed by atoms with E-state index in [1.807, 2.05) is 0 Å². The summed E-state index contributed by atoms with van der Waals surface area (Å²) in [6.07, 6.45) is 0.922. The zero-order chi connectivity index (χ0) is 25.3. The van der Waals surface area contributed by atoms with Crippen molar-refractivity contribution in [2.24, 2.45) is 5.92 Å². The number of halogens is 5. The molecule has 0 spiro atoms. The minimum atomic E-state index is -4.94. The predicted octanol–water partition coefficient (Wildman–Crippen LogP) is 4.02. The Morgan fingerprint density at radius 3 is 2.46 bits per heavy atom. The molecule has 0 aliphatic heterocycles. The van der Waals surface area contributed by atoms with Crippen molar-refractivity contribution in [2.75, 3.05) is 6.54 Å². The third kappa shape index (κ3) is 5.52. The van der Waals surface area contributed by atoms with E-state index in [0.29, 0.717) is 12.1 Å². The van der Waals surface area contributed by atoms with Crippen molar-refractivity contribution >= 4 is 16.7 Å². The number of nitrogens with zero attached hydrogens (tertiary/aromatic N) is 6. The van der Waals surface area contributed by atoms with Crippen LogP contribution in [0.2, 0.25) is 0 Å². The summed E-state index contributed by atoms with van der Waals surface area (Å²) in [5.41, 5.74) is -1.84. The van der Waals surface area contributed by atoms with Crippen molar-refractivity contribution in [3.8, 4) is 5.95 Å². The van der Waals surface area contributed by atoms with Crippen molar-refractivity contribution in [1.29, 1.82) is 0 Å². The Hall–Kier alpha value is -3.29. The lowest BCUT2D eigenvalue weighted by Crippen LogP contribution is -2.37. The summed E-state index contributed by atoms with van der Waals surface area (Å²) in [7, 11) is -3.03. The summed E-state index contributed by atoms with van der Waals surface area (Å²) in [5.74, 6) is -3.68. The zero-order valence-corrected chi connectivity index (χ0v) is 19.0. The topological polar surface area (TPSA) is 93.9 Å². The smallest absolute Gasteiger partial charge is 0.328 e. The van der Waals surface area contributed by atoms with Gasteiger partial charge in [0.15, 0.2) is 5.82 Å². The Morgan fingerprint density at radius 1 is 1.17 bits per heavy atom. The van der Waals surface area contributed by atoms with E-state index in [9.17, 15) is 31.0 Å². The Morgan fingerprint density at radius 2 is 1.86 bits per heavy atom. The largest absolute Gasteiger partial charge is 0.416 e. The number of carbonyl (C=O) groups excluding carboxylic acids is 1. The molecular formula is C21H19F5N6O2S. The molecule has 1 amide bonds. The quantitative estimate of drug-likeness (QED) is 0.422. The number of carbonyl (C=O) groups is 1. The molecule has 1 aliphatic rings. The van der Waals surface area contributed by atoms with Crippen LogP contribution in [0.15, 0.2) is 47.9 Å². The Bertz CT molecular complexity index is 1230. The van der Waals surface area contributed by atoms with E-state index < -0.39 is 50.7 Å². The maximum absolute atomic E-state index is 13.5. The molecule has 1 saturated carbocycles. The van der Waals surface area contributed by atoms with Crippen LogP contribution >= 0.6 is 0 Å². The van der Waals surface area contributed by atoms with Gasteiger partial charge in [0.2, 0.25) is 0 Å². The molecule has 2 heterocycles. The molecule has 0 N–H and O–H groups in total. The van der Waals surface area contributed by atoms with Crippen LogP contribution < -0.4 is 0 Å². The number of hydrogen-bond acceptors (Lipinski definition) is 6. The molecule has 1 aromatic carbocycles. The lowest BCUT2D eigenvalue weighted by atomic mass is 10.1. The predicted molar refractivity (Wildman–Crippen MR) is 113 cm³/mol. The van der Waals surface area contributed by atoms with Gasteiger partial charge in [-0.1, -0.05) is 0 Å². The SMILES string of the molecule is CC(c1ncnn1-c1ncccn1)N(CC1CC1)C(=O)c1cc(S(=O)C(F)F)cc(C(F)(F)F)c1. The van der Waals surface area contributed by atoms with E-state index in [1.54, 1.807) is 13.0 Å². The van der Waals surface area contributed by atoms with E-state index in [0.717, 1.165) is 18.9 Å². The molecule has 2 atom stereocenters. The number of hydrogen-bond donors (Lipinski definition) is 0. The average molecular weight is 514 g/mol. The molecule has 8 nitrogen and oxygen atoms in total. The lowest BCUT2D eigenvalue weighted by molar-refractivity contribution is -0.137. The van der Waals surface area contributed by atoms with E-state index in [1.165, 1.54) is 28.3 Å². The van der Waals surface area contributed by atoms with Gasteiger partial charge in [-0.25, -0.2) is 19.2 Å². The second kappa shape index (κ2) is 9.76. The van der Waals surface area contributed by atoms with Gasteiger partial charge in [-0.05, 0) is 49.9 Å². The Balaban J connectivity index is 1.75. The van der Waals surface area contributed by atoms with Gasteiger partial charge in [-0.3, -0.25) is 4.79 Å². The summed E-state index contributed by atoms with van der Waals surface area (Å²) in [5, 5.41) is 4.09. The van der Waals surface area contributed by atoms with Gasteiger partial charge >= 0.3 is 11.9 Å². The zero-order valence-electron chi connectivity index (χ0n) is 18.2. The molecule has 35 heavy (non-hydrogen) atoms. The molecule has 2 aromatic heterocycles. The van der Waals surface area contributed by atoms with Crippen LogP contribution in [0.5, 0.6) is 0 Å². The normalized spacial score (nSPS) is 15.7. The van der Waals surface area contributed by atoms with E-state index in [2.05, 4.69) is 20.1 Å². The van der Waals surface area contributed by atoms with Crippen molar-refractivity contribution in [3.05, 3.63) is 59.9 Å². The molecule has 4 rings (SSSR count). The van der Waals surface area contributed by atoms with E-state index in [4.69, 9.17) is 0 Å². The minimum absolute atomic E-state index is 0.131. The molecule has 3 aromatic rings. The van der Waals surface area contributed by atoms with Crippen LogP contribution in [0.1, 0.15) is 47.6 Å². The van der Waals surface area contributed by atoms with Crippen molar-refractivity contribution < 1.29 is 31.0 Å². The first-order valence-electron chi connectivity index (χ1n) is 10.5. The summed E-state index contributed by atoms with van der Waals surface area (Å²) < 4.78 is 79.7. The summed E-state index contributed by atoms with van der Waals surface area (Å²) >= 11 is 0. The minimum Gasteiger partial charge on any atom is -0.328 e. The van der Waals surface area contributed by atoms with Gasteiger partial charge < -0.3 is 4.90 Å². The number of amides is 1. The molecule has 1 aliphatic carbocycles. The fourth-order valence-electron chi connectivity index (χ4n) is 3.50. The van der Waals surface area contributed by atoms with Crippen LogP contribution in [-0.2, 0) is 17.0 Å². The lowest BCUT2D eigenvalue weighted by Gasteiger charge is -2.29. The van der Waals surface area contributed by atoms with E-state index >= 15 is 0 Å². The van der Waals surface area contributed by atoms with Crippen LogP contribution in [0, 0.1) is 5.92 Å². The summed E-state index contributed by atoms with van der Waals surface area (Å²) in [4.78, 5) is 26.4. The Labute approximate surface area is 198 Å². The molecule has 14 heteroatoms. The first-order valence-corrected chi connectivity index (χ1v) is 11.7. The maximum atomic E-state index is 13.5. The highest BCUT2D eigenvalue weighted by Gasteiger charge is 2.36. The molecule has 1 fully saturated rings. The number of alkyl halides is 5. The van der Waals surface area contributed by atoms with Gasteiger partial charge in [0, 0.05) is 29.4 Å². The number of rotatable bonds is 8. The van der Waals surface area contributed by atoms with Crippen LogP contribution in [0.3, 0.4) is 0 Å². The molecule has 2 unspecified atom stereocenters. The molecule has 186 valence electrons. The second-order valence-electron chi connectivity index (χ2n) is 7.96. The standard InChI is InChI=1S/C21H19F5N6O2S/c1-12(17-29-11-30-32(17)20-27-5-2-6-28-20)31(10-13-3-4-13)18(33)14-7-15(21(24,25)26)9-16(8-14)35(34)19(22)23/h2,5-9,11-13,19H,3-4,10H2,1H3. The fourth-order valence-corrected chi connectivity index (χ4v) is 4.19. The van der Waals surface area contributed by atoms with Gasteiger partial charge in [-0.2, -0.15) is 31.7 Å². The first-order chi connectivity index (χ1) is 16.6. The monoisotopic (exact) mass is 514 g/mol. The highest BCUT2D eigenvalue weighted by Crippen LogP contribution is 2.36. The third-order valence-corrected chi connectivity index (χ3v) is 6.47. The van der Waals surface area contributed by atoms with Crippen LogP contribution in [-0.4, -0.2) is 52.1 Å². The molecule has 0 radical (unpaired) electrons. The summed E-state index contributed by atoms with van der Waals surface area (Å²) in [6.45, 7) is 1.82. The first kappa shape index (κ1) is 24.8. The fraction of sp³-hybridized carbons (Fsp3) is 0.381. The highest BCUT2D eigenvalue weighted by molar-refractivity contribution is 7.85. The van der Waals surface area contributed by atoms with Crippen molar-refractivity contribution in [2.45, 2.75) is 42.6 Å². The van der Waals surface area contributed by atoms with Gasteiger partial charge in [0.1, 0.15) is 17.1 Å². The molecule has 0 bridgehead atoms. The Kier molecular flexibility index (Phi) is 6.92. The van der Waals surface area contributed by atoms with Crippen molar-refractivity contribution in [3.63, 3.8) is 0 Å². The van der Waals surface area contributed by atoms with Crippen LogP contribution in [0.4, 0.5) is 22.0 Å². The summed E-state index contributed by atoms with van der Waals surface area (Å²) in [6, 6.07) is 2.58. The van der Waals surface area contributed by atoms with Gasteiger partial charge in [0.25, 0.3) is 11.9 Å². The van der Waals surface area contributed by atoms with Crippen molar-refractivity contribution in [1.82, 2.24) is 29.6 Å². The average Bonchev–Trinajstić information content (AvgIpc) is 3.53.